The largest absolute Gasteiger partial charge is 0.463 e. The van der Waals surface area contributed by atoms with Crippen molar-refractivity contribution in [3.05, 3.63) is 12.2 Å². The number of carboxylic acid groups (broad SMARTS) is 2. The van der Waals surface area contributed by atoms with Gasteiger partial charge in [0, 0.05) is 12.6 Å². The molecule has 0 unspecified atom stereocenters. The van der Waals surface area contributed by atoms with Crippen LogP contribution in [-0.4, -0.2) is 45.4 Å². The Labute approximate surface area is 79.8 Å². The molecule has 14 heavy (non-hydrogen) atoms. The second-order valence-electron chi connectivity index (χ2n) is 2.49. The standard InChI is InChI=1S/C7H10N2O5/c1-4(2)5(10)8(3)9(6(11)12)7(13)14/h1H2,2-3H3,(H,11,12)(H,13,14). The molecule has 7 heteroatoms. The summed E-state index contributed by atoms with van der Waals surface area (Å²) >= 11 is 0. The van der Waals surface area contributed by atoms with Crippen molar-refractivity contribution in [3.63, 3.8) is 0 Å². The van der Waals surface area contributed by atoms with Crippen molar-refractivity contribution in [2.24, 2.45) is 0 Å². The lowest BCUT2D eigenvalue weighted by molar-refractivity contribution is -0.136. The first-order valence-electron chi connectivity index (χ1n) is 3.48. The van der Waals surface area contributed by atoms with Crippen molar-refractivity contribution < 1.29 is 24.6 Å². The third-order valence-corrected chi connectivity index (χ3v) is 1.32. The van der Waals surface area contributed by atoms with Crippen LogP contribution in [0.1, 0.15) is 6.92 Å². The summed E-state index contributed by atoms with van der Waals surface area (Å²) in [6, 6.07) is 0. The molecule has 0 radical (unpaired) electrons. The van der Waals surface area contributed by atoms with Gasteiger partial charge in [0.1, 0.15) is 0 Å². The lowest BCUT2D eigenvalue weighted by Gasteiger charge is -2.24. The number of imide groups is 1. The van der Waals surface area contributed by atoms with Crippen LogP contribution in [-0.2, 0) is 4.79 Å². The Kier molecular flexibility index (Phi) is 3.64. The molecule has 7 nitrogen and oxygen atoms in total. The van der Waals surface area contributed by atoms with Crippen molar-refractivity contribution in [2.75, 3.05) is 7.05 Å². The Bertz CT molecular complexity index is 284. The van der Waals surface area contributed by atoms with Crippen LogP contribution in [0, 0.1) is 0 Å². The van der Waals surface area contributed by atoms with E-state index in [1.807, 2.05) is 0 Å². The van der Waals surface area contributed by atoms with Crippen LogP contribution in [0.3, 0.4) is 0 Å². The summed E-state index contributed by atoms with van der Waals surface area (Å²) in [5.74, 6) is -0.783. The maximum Gasteiger partial charge on any atom is 0.436 e. The highest BCUT2D eigenvalue weighted by Gasteiger charge is 2.28. The molecule has 0 heterocycles. The van der Waals surface area contributed by atoms with Crippen molar-refractivity contribution >= 4 is 18.1 Å². The number of carbonyl (C=O) groups is 3. The molecule has 0 atom stereocenters. The number of likely N-dealkylation sites (N-methyl/N-ethyl adjacent to an activating group) is 1. The minimum Gasteiger partial charge on any atom is -0.463 e. The van der Waals surface area contributed by atoms with Crippen molar-refractivity contribution in [1.82, 2.24) is 10.0 Å². The normalized spacial score (nSPS) is 9.00. The van der Waals surface area contributed by atoms with Crippen LogP contribution < -0.4 is 0 Å². The monoisotopic (exact) mass is 202 g/mol. The summed E-state index contributed by atoms with van der Waals surface area (Å²) in [5.41, 5.74) is 0.0417. The Hall–Kier alpha value is -2.05. The first-order valence-corrected chi connectivity index (χ1v) is 3.48. The minimum atomic E-state index is -1.76. The highest BCUT2D eigenvalue weighted by atomic mass is 16.4. The van der Waals surface area contributed by atoms with E-state index in [1.54, 1.807) is 0 Å². The molecule has 0 aliphatic rings. The van der Waals surface area contributed by atoms with Gasteiger partial charge in [-0.2, -0.15) is 0 Å². The fourth-order valence-corrected chi connectivity index (χ4v) is 0.705. The SMILES string of the molecule is C=C(C)C(=O)N(C)N(C(=O)O)C(=O)O. The van der Waals surface area contributed by atoms with E-state index < -0.39 is 18.1 Å². The van der Waals surface area contributed by atoms with Gasteiger partial charge in [0.15, 0.2) is 0 Å². The summed E-state index contributed by atoms with van der Waals surface area (Å²) in [7, 11) is 1.03. The van der Waals surface area contributed by atoms with Crippen LogP contribution in [0.2, 0.25) is 0 Å². The molecule has 3 amide bonds. The molecule has 0 aliphatic heterocycles. The molecule has 0 aromatic heterocycles. The van der Waals surface area contributed by atoms with Gasteiger partial charge < -0.3 is 10.2 Å². The second kappa shape index (κ2) is 4.26. The predicted molar refractivity (Wildman–Crippen MR) is 45.5 cm³/mol. The molecule has 0 saturated carbocycles. The number of hydrogen-bond acceptors (Lipinski definition) is 3. The van der Waals surface area contributed by atoms with E-state index in [1.165, 1.54) is 6.92 Å². The van der Waals surface area contributed by atoms with Crippen LogP contribution in [0.25, 0.3) is 0 Å². The molecule has 0 fully saturated rings. The van der Waals surface area contributed by atoms with Crippen molar-refractivity contribution in [2.45, 2.75) is 6.92 Å². The van der Waals surface area contributed by atoms with Crippen LogP contribution in [0.5, 0.6) is 0 Å². The van der Waals surface area contributed by atoms with Crippen molar-refractivity contribution in [3.8, 4) is 0 Å². The van der Waals surface area contributed by atoms with Gasteiger partial charge in [0.05, 0.1) is 0 Å². The molecule has 0 aromatic rings. The lowest BCUT2D eigenvalue weighted by atomic mass is 10.3. The fraction of sp³-hybridized carbons (Fsp3) is 0.286. The van der Waals surface area contributed by atoms with Gasteiger partial charge in [-0.25, -0.2) is 14.6 Å². The second-order valence-corrected chi connectivity index (χ2v) is 2.49. The lowest BCUT2D eigenvalue weighted by Crippen LogP contribution is -2.49. The summed E-state index contributed by atoms with van der Waals surface area (Å²) in [5, 5.41) is 17.3. The third-order valence-electron chi connectivity index (χ3n) is 1.32. The Balaban J connectivity index is 4.86. The first kappa shape index (κ1) is 11.9. The third kappa shape index (κ3) is 2.47. The molecule has 0 saturated heterocycles. The minimum absolute atomic E-state index is 0.0417. The quantitative estimate of drug-likeness (QED) is 0.479. The van der Waals surface area contributed by atoms with Gasteiger partial charge in [-0.05, 0) is 6.92 Å². The summed E-state index contributed by atoms with van der Waals surface area (Å²) in [6.07, 6.45) is -3.51. The van der Waals surface area contributed by atoms with Crippen LogP contribution in [0.15, 0.2) is 12.2 Å². The average Bonchev–Trinajstić information content (AvgIpc) is 2.01. The molecule has 0 aliphatic carbocycles. The highest BCUT2D eigenvalue weighted by molar-refractivity contribution is 5.96. The highest BCUT2D eigenvalue weighted by Crippen LogP contribution is 2.02. The predicted octanol–water partition coefficient (Wildman–Crippen LogP) is 0.594. The summed E-state index contributed by atoms with van der Waals surface area (Å²) < 4.78 is 0. The maximum atomic E-state index is 11.2. The van der Waals surface area contributed by atoms with E-state index in [4.69, 9.17) is 10.2 Å². The maximum absolute atomic E-state index is 11.2. The molecule has 0 spiro atoms. The van der Waals surface area contributed by atoms with Gasteiger partial charge in [0.2, 0.25) is 0 Å². The Morgan fingerprint density at radius 2 is 1.50 bits per heavy atom. The van der Waals surface area contributed by atoms with Gasteiger partial charge in [-0.15, -0.1) is 5.01 Å². The van der Waals surface area contributed by atoms with E-state index in [-0.39, 0.29) is 10.6 Å². The first-order chi connectivity index (χ1) is 6.29. The smallest absolute Gasteiger partial charge is 0.436 e. The zero-order chi connectivity index (χ0) is 11.5. The molecular weight excluding hydrogens is 192 g/mol. The van der Waals surface area contributed by atoms with Gasteiger partial charge in [-0.1, -0.05) is 6.58 Å². The number of rotatable bonds is 1. The Morgan fingerprint density at radius 1 is 1.14 bits per heavy atom. The summed E-state index contributed by atoms with van der Waals surface area (Å²) in [6.45, 7) is 4.62. The van der Waals surface area contributed by atoms with E-state index in [9.17, 15) is 14.4 Å². The molecule has 0 rings (SSSR count). The molecule has 2 N–H and O–H groups in total. The van der Waals surface area contributed by atoms with Gasteiger partial charge >= 0.3 is 12.2 Å². The number of carbonyl (C=O) groups excluding carboxylic acids is 1. The molecular formula is C7H10N2O5. The Morgan fingerprint density at radius 3 is 1.71 bits per heavy atom. The molecule has 78 valence electrons. The van der Waals surface area contributed by atoms with E-state index >= 15 is 0 Å². The van der Waals surface area contributed by atoms with E-state index in [2.05, 4.69) is 6.58 Å². The summed E-state index contributed by atoms with van der Waals surface area (Å²) in [4.78, 5) is 32.0. The zero-order valence-corrected chi connectivity index (χ0v) is 7.72. The number of nitrogens with zero attached hydrogens (tertiary/aromatic N) is 2. The molecule has 0 bridgehead atoms. The number of amides is 3. The van der Waals surface area contributed by atoms with Crippen LogP contribution >= 0.6 is 0 Å². The average molecular weight is 202 g/mol. The fourth-order valence-electron chi connectivity index (χ4n) is 0.705. The van der Waals surface area contributed by atoms with Crippen molar-refractivity contribution in [1.29, 1.82) is 0 Å². The van der Waals surface area contributed by atoms with E-state index in [0.29, 0.717) is 5.01 Å². The van der Waals surface area contributed by atoms with Gasteiger partial charge in [-0.3, -0.25) is 4.79 Å². The van der Waals surface area contributed by atoms with E-state index in [0.717, 1.165) is 7.05 Å². The van der Waals surface area contributed by atoms with Gasteiger partial charge in [0.25, 0.3) is 5.91 Å². The number of hydrazine groups is 1. The zero-order valence-electron chi connectivity index (χ0n) is 7.72. The topological polar surface area (TPSA) is 98.2 Å². The van der Waals surface area contributed by atoms with Crippen LogP contribution in [0.4, 0.5) is 9.59 Å². The number of hydrogen-bond donors (Lipinski definition) is 2. The molecule has 0 aromatic carbocycles.